The highest BCUT2D eigenvalue weighted by atomic mass is 16.3. The smallest absolute Gasteiger partial charge is 0.0534 e. The number of unbranched alkanes of at least 4 members (excludes halogenated alkanes) is 2. The van der Waals surface area contributed by atoms with Crippen molar-refractivity contribution in [2.75, 3.05) is 19.8 Å². The fourth-order valence-electron chi connectivity index (χ4n) is 5.57. The lowest BCUT2D eigenvalue weighted by Gasteiger charge is -2.39. The lowest BCUT2D eigenvalue weighted by molar-refractivity contribution is 0.00368. The molecule has 2 aliphatic rings. The van der Waals surface area contributed by atoms with Crippen LogP contribution in [0, 0.1) is 29.1 Å². The van der Waals surface area contributed by atoms with Crippen molar-refractivity contribution in [3.05, 3.63) is 12.2 Å². The molecule has 2 aliphatic carbocycles. The quantitative estimate of drug-likeness (QED) is 0.346. The highest BCUT2D eigenvalue weighted by molar-refractivity contribution is 5.07. The second-order valence-electron chi connectivity index (χ2n) is 9.70. The van der Waals surface area contributed by atoms with Crippen LogP contribution in [0.2, 0.25) is 0 Å². The molecule has 0 radical (unpaired) electrons. The zero-order valence-corrected chi connectivity index (χ0v) is 17.7. The first-order chi connectivity index (χ1) is 13.1. The van der Waals surface area contributed by atoms with E-state index in [0.29, 0.717) is 12.3 Å². The number of allylic oxidation sites excluding steroid dienone is 1. The SMILES string of the molecule is C=C(CC(CO)(CO)CO)C1CCC(C2CCC(CCCCC)CC2)CC1. The third-order valence-electron chi connectivity index (χ3n) is 7.73. The molecule has 0 saturated heterocycles. The standard InChI is InChI=1S/C24H44O3/c1-3-4-5-6-20-7-9-22(10-8-20)23-13-11-21(12-14-23)19(2)15-24(16-25,17-26)18-27/h20-23,25-27H,2-18H2,1H3. The molecule has 27 heavy (non-hydrogen) atoms. The average molecular weight is 381 g/mol. The predicted octanol–water partition coefficient (Wildman–Crippen LogP) is 5.09. The van der Waals surface area contributed by atoms with Gasteiger partial charge in [0.25, 0.3) is 0 Å². The summed E-state index contributed by atoms with van der Waals surface area (Å²) in [4.78, 5) is 0. The van der Waals surface area contributed by atoms with Crippen molar-refractivity contribution in [1.29, 1.82) is 0 Å². The van der Waals surface area contributed by atoms with Crippen molar-refractivity contribution in [3.8, 4) is 0 Å². The number of rotatable bonds is 11. The highest BCUT2D eigenvalue weighted by Gasteiger charge is 2.34. The van der Waals surface area contributed by atoms with Gasteiger partial charge in [0.1, 0.15) is 0 Å². The Balaban J connectivity index is 1.72. The number of hydrogen-bond donors (Lipinski definition) is 3. The van der Waals surface area contributed by atoms with E-state index in [1.807, 2.05) is 0 Å². The van der Waals surface area contributed by atoms with E-state index in [1.54, 1.807) is 0 Å². The lowest BCUT2D eigenvalue weighted by atomic mass is 9.67. The normalized spacial score (nSPS) is 29.6. The van der Waals surface area contributed by atoms with Crippen LogP contribution in [0.1, 0.15) is 90.4 Å². The van der Waals surface area contributed by atoms with Crippen LogP contribution < -0.4 is 0 Å². The molecule has 2 fully saturated rings. The van der Waals surface area contributed by atoms with E-state index >= 15 is 0 Å². The van der Waals surface area contributed by atoms with Crippen LogP contribution in [-0.2, 0) is 0 Å². The fourth-order valence-corrected chi connectivity index (χ4v) is 5.57. The Bertz CT molecular complexity index is 405. The molecule has 0 aromatic rings. The molecule has 158 valence electrons. The minimum Gasteiger partial charge on any atom is -0.396 e. The Morgan fingerprint density at radius 2 is 1.33 bits per heavy atom. The zero-order valence-electron chi connectivity index (χ0n) is 17.7. The first-order valence-corrected chi connectivity index (χ1v) is 11.6. The van der Waals surface area contributed by atoms with E-state index in [-0.39, 0.29) is 19.8 Å². The zero-order chi connectivity index (χ0) is 19.7. The summed E-state index contributed by atoms with van der Waals surface area (Å²) in [6.07, 6.45) is 16.9. The van der Waals surface area contributed by atoms with Gasteiger partial charge in [-0.1, -0.05) is 57.6 Å². The Morgan fingerprint density at radius 3 is 1.81 bits per heavy atom. The molecule has 0 aliphatic heterocycles. The van der Waals surface area contributed by atoms with Gasteiger partial charge in [0, 0.05) is 5.41 Å². The van der Waals surface area contributed by atoms with Crippen LogP contribution in [0.3, 0.4) is 0 Å². The van der Waals surface area contributed by atoms with E-state index in [4.69, 9.17) is 0 Å². The van der Waals surface area contributed by atoms with Crippen LogP contribution in [0.15, 0.2) is 12.2 Å². The average Bonchev–Trinajstić information content (AvgIpc) is 2.73. The topological polar surface area (TPSA) is 60.7 Å². The second kappa shape index (κ2) is 11.6. The van der Waals surface area contributed by atoms with Crippen LogP contribution in [-0.4, -0.2) is 35.1 Å². The summed E-state index contributed by atoms with van der Waals surface area (Å²) in [6, 6.07) is 0. The molecule has 0 spiro atoms. The van der Waals surface area contributed by atoms with Crippen LogP contribution >= 0.6 is 0 Å². The molecule has 0 bridgehead atoms. The van der Waals surface area contributed by atoms with Crippen molar-refractivity contribution in [1.82, 2.24) is 0 Å². The molecule has 0 aromatic heterocycles. The summed E-state index contributed by atoms with van der Waals surface area (Å²) in [5.74, 6) is 3.32. The molecule has 0 aromatic carbocycles. The Hall–Kier alpha value is -0.380. The molecule has 2 saturated carbocycles. The van der Waals surface area contributed by atoms with Gasteiger partial charge < -0.3 is 15.3 Å². The van der Waals surface area contributed by atoms with Gasteiger partial charge in [-0.15, -0.1) is 0 Å². The summed E-state index contributed by atoms with van der Waals surface area (Å²) in [5.41, 5.74) is 0.314. The summed E-state index contributed by atoms with van der Waals surface area (Å²) in [6.45, 7) is 5.99. The maximum atomic E-state index is 9.56. The molecule has 2 rings (SSSR count). The second-order valence-corrected chi connectivity index (χ2v) is 9.70. The van der Waals surface area contributed by atoms with Crippen molar-refractivity contribution < 1.29 is 15.3 Å². The minimum atomic E-state index is -0.801. The monoisotopic (exact) mass is 380 g/mol. The molecule has 3 heteroatoms. The molecule has 0 atom stereocenters. The molecular weight excluding hydrogens is 336 g/mol. The van der Waals surface area contributed by atoms with Crippen LogP contribution in [0.25, 0.3) is 0 Å². The summed E-state index contributed by atoms with van der Waals surface area (Å²) >= 11 is 0. The molecule has 0 heterocycles. The largest absolute Gasteiger partial charge is 0.396 e. The molecule has 3 nitrogen and oxygen atoms in total. The number of aliphatic hydroxyl groups excluding tert-OH is 3. The number of hydrogen-bond acceptors (Lipinski definition) is 3. The number of aliphatic hydroxyl groups is 3. The first kappa shape index (κ1) is 22.9. The molecule has 0 unspecified atom stereocenters. The maximum absolute atomic E-state index is 9.56. The molecule has 0 amide bonds. The van der Waals surface area contributed by atoms with Crippen molar-refractivity contribution >= 4 is 0 Å². The van der Waals surface area contributed by atoms with Crippen molar-refractivity contribution in [2.45, 2.75) is 90.4 Å². The predicted molar refractivity (Wildman–Crippen MR) is 112 cm³/mol. The molecular formula is C24H44O3. The van der Waals surface area contributed by atoms with E-state index in [2.05, 4.69) is 13.5 Å². The van der Waals surface area contributed by atoms with Gasteiger partial charge in [-0.25, -0.2) is 0 Å². The third-order valence-corrected chi connectivity index (χ3v) is 7.73. The fraction of sp³-hybridized carbons (Fsp3) is 0.917. The van der Waals surface area contributed by atoms with Gasteiger partial charge >= 0.3 is 0 Å². The van der Waals surface area contributed by atoms with Crippen LogP contribution in [0.5, 0.6) is 0 Å². The Labute approximate surface area is 167 Å². The Kier molecular flexibility index (Phi) is 9.82. The summed E-state index contributed by atoms with van der Waals surface area (Å²) in [7, 11) is 0. The minimum absolute atomic E-state index is 0.185. The summed E-state index contributed by atoms with van der Waals surface area (Å²) < 4.78 is 0. The van der Waals surface area contributed by atoms with Gasteiger partial charge in [-0.2, -0.15) is 0 Å². The van der Waals surface area contributed by atoms with Gasteiger partial charge in [-0.05, 0) is 68.6 Å². The van der Waals surface area contributed by atoms with E-state index in [9.17, 15) is 15.3 Å². The lowest BCUT2D eigenvalue weighted by Crippen LogP contribution is -2.35. The van der Waals surface area contributed by atoms with E-state index < -0.39 is 5.41 Å². The van der Waals surface area contributed by atoms with Crippen molar-refractivity contribution in [2.24, 2.45) is 29.1 Å². The van der Waals surface area contributed by atoms with E-state index in [1.165, 1.54) is 77.0 Å². The third kappa shape index (κ3) is 6.58. The summed E-state index contributed by atoms with van der Waals surface area (Å²) in [5, 5.41) is 28.7. The van der Waals surface area contributed by atoms with Gasteiger partial charge in [-0.3, -0.25) is 0 Å². The van der Waals surface area contributed by atoms with Gasteiger partial charge in [0.15, 0.2) is 0 Å². The molecule has 3 N–H and O–H groups in total. The van der Waals surface area contributed by atoms with Crippen molar-refractivity contribution in [3.63, 3.8) is 0 Å². The highest BCUT2D eigenvalue weighted by Crippen LogP contribution is 2.44. The van der Waals surface area contributed by atoms with E-state index in [0.717, 1.165) is 23.3 Å². The van der Waals surface area contributed by atoms with Gasteiger partial charge in [0.2, 0.25) is 0 Å². The van der Waals surface area contributed by atoms with Crippen LogP contribution in [0.4, 0.5) is 0 Å². The van der Waals surface area contributed by atoms with Gasteiger partial charge in [0.05, 0.1) is 19.8 Å². The maximum Gasteiger partial charge on any atom is 0.0534 e. The first-order valence-electron chi connectivity index (χ1n) is 11.6. The Morgan fingerprint density at radius 1 is 0.815 bits per heavy atom.